The van der Waals surface area contributed by atoms with Crippen molar-refractivity contribution in [1.29, 1.82) is 0 Å². The van der Waals surface area contributed by atoms with E-state index < -0.39 is 5.97 Å². The van der Waals surface area contributed by atoms with Gasteiger partial charge >= 0.3 is 5.97 Å². The van der Waals surface area contributed by atoms with Crippen molar-refractivity contribution >= 4 is 41.5 Å². The van der Waals surface area contributed by atoms with E-state index in [0.29, 0.717) is 25.8 Å². The second-order valence-corrected chi connectivity index (χ2v) is 9.83. The highest BCUT2D eigenvalue weighted by Crippen LogP contribution is 2.16. The molecule has 1 aromatic rings. The fraction of sp³-hybridized carbons (Fsp3) is 0.667. The molecule has 9 heteroatoms. The van der Waals surface area contributed by atoms with Gasteiger partial charge in [0.05, 0.1) is 0 Å². The Balaban J connectivity index is 2.57. The van der Waals surface area contributed by atoms with E-state index in [-0.39, 0.29) is 12.3 Å². The molecule has 1 rings (SSSR count). The van der Waals surface area contributed by atoms with Crippen LogP contribution in [0.3, 0.4) is 0 Å². The molecule has 0 aliphatic carbocycles. The summed E-state index contributed by atoms with van der Waals surface area (Å²) in [5, 5.41) is 8.82. The SMILES string of the molecule is CSNCCCN(CCCCN(Cc1ccc(N(C)C)cc1)C(=O)CCCCC(=O)O)SC. The number of nitrogens with zero attached hydrogens (tertiary/aromatic N) is 3. The highest BCUT2D eigenvalue weighted by molar-refractivity contribution is 7.96. The third kappa shape index (κ3) is 13.8. The highest BCUT2D eigenvalue weighted by Gasteiger charge is 2.14. The number of aliphatic carboxylic acids is 1. The maximum atomic E-state index is 12.9. The first-order valence-corrected chi connectivity index (χ1v) is 14.1. The summed E-state index contributed by atoms with van der Waals surface area (Å²) in [5.41, 5.74) is 2.25. The Morgan fingerprint density at radius 3 is 2.15 bits per heavy atom. The third-order valence-electron chi connectivity index (χ3n) is 5.38. The second-order valence-electron chi connectivity index (χ2n) is 8.25. The lowest BCUT2D eigenvalue weighted by Gasteiger charge is -2.24. The Morgan fingerprint density at radius 2 is 1.55 bits per heavy atom. The Hall–Kier alpha value is -1.42. The van der Waals surface area contributed by atoms with Crippen molar-refractivity contribution in [2.45, 2.75) is 51.5 Å². The normalized spacial score (nSPS) is 11.1. The standard InChI is InChI=1S/C24H42N4O3S2/c1-26(2)22-14-12-21(13-15-22)20-27(23(29)10-5-6-11-24(30)31)17-7-8-18-28(33-4)19-9-16-25-32-3/h12-15,25H,5-11,16-20H2,1-4H3,(H,30,31). The molecule has 2 N–H and O–H groups in total. The Morgan fingerprint density at radius 1 is 0.909 bits per heavy atom. The molecule has 0 aliphatic heterocycles. The van der Waals surface area contributed by atoms with Gasteiger partial charge in [-0.3, -0.25) is 18.6 Å². The van der Waals surface area contributed by atoms with Crippen LogP contribution < -0.4 is 9.62 Å². The number of unbranched alkanes of at least 4 members (excludes halogenated alkanes) is 2. The molecule has 0 atom stereocenters. The van der Waals surface area contributed by atoms with Crippen molar-refractivity contribution < 1.29 is 14.7 Å². The average Bonchev–Trinajstić information content (AvgIpc) is 2.80. The van der Waals surface area contributed by atoms with Gasteiger partial charge in [-0.25, -0.2) is 0 Å². The van der Waals surface area contributed by atoms with Gasteiger partial charge in [0.2, 0.25) is 5.91 Å². The smallest absolute Gasteiger partial charge is 0.303 e. The maximum absolute atomic E-state index is 12.9. The zero-order valence-electron chi connectivity index (χ0n) is 20.7. The molecule has 0 saturated carbocycles. The van der Waals surface area contributed by atoms with Crippen LogP contribution in [0.1, 0.15) is 50.5 Å². The number of hydrogen-bond acceptors (Lipinski definition) is 7. The molecule has 1 aromatic carbocycles. The predicted octanol–water partition coefficient (Wildman–Crippen LogP) is 4.34. The second kappa shape index (κ2) is 18.0. The number of rotatable bonds is 19. The van der Waals surface area contributed by atoms with E-state index >= 15 is 0 Å². The quantitative estimate of drug-likeness (QED) is 0.215. The molecular weight excluding hydrogens is 456 g/mol. The molecule has 0 radical (unpaired) electrons. The van der Waals surface area contributed by atoms with Crippen molar-refractivity contribution in [2.24, 2.45) is 0 Å². The summed E-state index contributed by atoms with van der Waals surface area (Å²) in [4.78, 5) is 27.6. The molecule has 33 heavy (non-hydrogen) atoms. The number of carbonyl (C=O) groups excluding carboxylic acids is 1. The van der Waals surface area contributed by atoms with Gasteiger partial charge in [0.15, 0.2) is 0 Å². The number of benzene rings is 1. The highest BCUT2D eigenvalue weighted by atomic mass is 32.2. The molecular formula is C24H42N4O3S2. The van der Waals surface area contributed by atoms with Crippen LogP contribution in [0.25, 0.3) is 0 Å². The van der Waals surface area contributed by atoms with E-state index in [9.17, 15) is 9.59 Å². The van der Waals surface area contributed by atoms with Gasteiger partial charge in [0.25, 0.3) is 0 Å². The average molecular weight is 499 g/mol. The van der Waals surface area contributed by atoms with Crippen molar-refractivity contribution in [1.82, 2.24) is 13.9 Å². The van der Waals surface area contributed by atoms with Crippen LogP contribution >= 0.6 is 23.9 Å². The maximum Gasteiger partial charge on any atom is 0.303 e. The van der Waals surface area contributed by atoms with Crippen LogP contribution in [0.15, 0.2) is 24.3 Å². The lowest BCUT2D eigenvalue weighted by molar-refractivity contribution is -0.137. The minimum atomic E-state index is -0.803. The van der Waals surface area contributed by atoms with Crippen molar-refractivity contribution in [3.63, 3.8) is 0 Å². The van der Waals surface area contributed by atoms with E-state index in [2.05, 4.69) is 44.4 Å². The fourth-order valence-corrected chi connectivity index (χ4v) is 4.41. The summed E-state index contributed by atoms with van der Waals surface area (Å²) in [5.74, 6) is -0.690. The van der Waals surface area contributed by atoms with E-state index in [4.69, 9.17) is 5.11 Å². The first kappa shape index (κ1) is 29.6. The zero-order chi connectivity index (χ0) is 24.5. The molecule has 0 unspecified atom stereocenters. The number of carboxylic acid groups (broad SMARTS) is 1. The summed E-state index contributed by atoms with van der Waals surface area (Å²) in [6.07, 6.45) is 8.96. The topological polar surface area (TPSA) is 76.1 Å². The van der Waals surface area contributed by atoms with E-state index in [0.717, 1.165) is 56.7 Å². The van der Waals surface area contributed by atoms with E-state index in [1.807, 2.05) is 25.3 Å². The van der Waals surface area contributed by atoms with Gasteiger partial charge in [-0.1, -0.05) is 36.0 Å². The lowest BCUT2D eigenvalue weighted by Crippen LogP contribution is -2.32. The first-order chi connectivity index (χ1) is 15.9. The van der Waals surface area contributed by atoms with Crippen LogP contribution in [0.4, 0.5) is 5.69 Å². The first-order valence-electron chi connectivity index (χ1n) is 11.7. The predicted molar refractivity (Wildman–Crippen MR) is 143 cm³/mol. The van der Waals surface area contributed by atoms with Gasteiger partial charge in [-0.15, -0.1) is 0 Å². The fourth-order valence-electron chi connectivity index (χ4n) is 3.44. The number of amides is 1. The summed E-state index contributed by atoms with van der Waals surface area (Å²) < 4.78 is 5.67. The van der Waals surface area contributed by atoms with Crippen LogP contribution in [-0.2, 0) is 16.1 Å². The van der Waals surface area contributed by atoms with Crippen molar-refractivity contribution in [3.05, 3.63) is 29.8 Å². The molecule has 0 saturated heterocycles. The monoisotopic (exact) mass is 498 g/mol. The Labute approximate surface area is 208 Å². The number of carboxylic acids is 1. The lowest BCUT2D eigenvalue weighted by atomic mass is 10.1. The molecule has 188 valence electrons. The number of nitrogens with one attached hydrogen (secondary N) is 1. The van der Waals surface area contributed by atoms with Crippen molar-refractivity contribution in [2.75, 3.05) is 57.7 Å². The number of hydrogen-bond donors (Lipinski definition) is 2. The molecule has 0 fully saturated rings. The van der Waals surface area contributed by atoms with Crippen LogP contribution in [0, 0.1) is 0 Å². The van der Waals surface area contributed by atoms with Gasteiger partial charge in [-0.2, -0.15) is 0 Å². The van der Waals surface area contributed by atoms with Crippen LogP contribution in [-0.4, -0.2) is 79.0 Å². The van der Waals surface area contributed by atoms with Gasteiger partial charge in [0.1, 0.15) is 0 Å². The van der Waals surface area contributed by atoms with Crippen LogP contribution in [0.5, 0.6) is 0 Å². The number of carbonyl (C=O) groups is 2. The van der Waals surface area contributed by atoms with Gasteiger partial charge in [0, 0.05) is 65.3 Å². The number of anilines is 1. The minimum Gasteiger partial charge on any atom is -0.481 e. The molecule has 0 aromatic heterocycles. The third-order valence-corrected chi connectivity index (χ3v) is 6.76. The molecule has 0 bridgehead atoms. The summed E-state index contributed by atoms with van der Waals surface area (Å²) >= 11 is 3.44. The van der Waals surface area contributed by atoms with Gasteiger partial charge < -0.3 is 14.9 Å². The summed E-state index contributed by atoms with van der Waals surface area (Å²) in [6, 6.07) is 8.32. The van der Waals surface area contributed by atoms with E-state index in [1.165, 1.54) is 0 Å². The largest absolute Gasteiger partial charge is 0.481 e. The Kier molecular flexibility index (Phi) is 16.1. The van der Waals surface area contributed by atoms with E-state index in [1.54, 1.807) is 23.9 Å². The molecule has 7 nitrogen and oxygen atoms in total. The van der Waals surface area contributed by atoms with Crippen LogP contribution in [0.2, 0.25) is 0 Å². The summed E-state index contributed by atoms with van der Waals surface area (Å²) in [7, 11) is 4.03. The van der Waals surface area contributed by atoms with Gasteiger partial charge in [-0.05, 0) is 62.3 Å². The minimum absolute atomic E-state index is 0.113. The molecule has 1 amide bonds. The molecule has 0 aliphatic rings. The molecule has 0 heterocycles. The molecule has 0 spiro atoms. The summed E-state index contributed by atoms with van der Waals surface area (Å²) in [6.45, 7) is 4.40. The Bertz CT molecular complexity index is 674. The zero-order valence-corrected chi connectivity index (χ0v) is 22.3. The van der Waals surface area contributed by atoms with Crippen molar-refractivity contribution in [3.8, 4) is 0 Å².